The predicted molar refractivity (Wildman–Crippen MR) is 51.7 cm³/mol. The maximum absolute atomic E-state index is 12.6. The Labute approximate surface area is 91.8 Å². The van der Waals surface area contributed by atoms with Crippen molar-refractivity contribution in [1.82, 2.24) is 10.6 Å². The smallest absolute Gasteiger partial charge is 0.341 e. The summed E-state index contributed by atoms with van der Waals surface area (Å²) in [6, 6.07) is -0.472. The first-order valence-electron chi connectivity index (χ1n) is 5.48. The van der Waals surface area contributed by atoms with Gasteiger partial charge in [-0.05, 0) is 31.7 Å². The highest BCUT2D eigenvalue weighted by Crippen LogP contribution is 2.49. The summed E-state index contributed by atoms with van der Waals surface area (Å²) >= 11 is 0. The van der Waals surface area contributed by atoms with Crippen LogP contribution < -0.4 is 10.6 Å². The molecule has 2 unspecified atom stereocenters. The lowest BCUT2D eigenvalue weighted by atomic mass is 10.0. The number of halogens is 3. The number of hydrogen-bond donors (Lipinski definition) is 2. The number of carbonyl (C=O) groups is 1. The lowest BCUT2D eigenvalue weighted by Gasteiger charge is -2.24. The fraction of sp³-hybridized carbons (Fsp3) is 0.900. The highest BCUT2D eigenvalue weighted by atomic mass is 19.4. The van der Waals surface area contributed by atoms with Crippen LogP contribution in [-0.2, 0) is 4.79 Å². The molecule has 0 spiro atoms. The standard InChI is InChI=1S/C10H15F3N2O/c1-6-2-5-14-7(6)8(16)15-9(3-4-9)10(11,12)13/h6-7,14H,2-5H2,1H3,(H,15,16). The average Bonchev–Trinajstić information content (AvgIpc) is 2.81. The zero-order valence-corrected chi connectivity index (χ0v) is 9.03. The van der Waals surface area contributed by atoms with Gasteiger partial charge in [0.15, 0.2) is 0 Å². The lowest BCUT2D eigenvalue weighted by Crippen LogP contribution is -2.54. The normalized spacial score (nSPS) is 32.5. The molecule has 1 aliphatic carbocycles. The van der Waals surface area contributed by atoms with E-state index in [0.717, 1.165) is 6.42 Å². The first-order valence-corrected chi connectivity index (χ1v) is 5.48. The molecule has 1 saturated heterocycles. The number of carbonyl (C=O) groups excluding carboxylic acids is 1. The minimum atomic E-state index is -4.33. The van der Waals surface area contributed by atoms with E-state index >= 15 is 0 Å². The van der Waals surface area contributed by atoms with Crippen molar-refractivity contribution in [2.24, 2.45) is 5.92 Å². The maximum Gasteiger partial charge on any atom is 0.411 e. The molecule has 2 aliphatic rings. The number of nitrogens with one attached hydrogen (secondary N) is 2. The van der Waals surface area contributed by atoms with E-state index in [0.29, 0.717) is 6.54 Å². The summed E-state index contributed by atoms with van der Waals surface area (Å²) in [7, 11) is 0. The molecule has 16 heavy (non-hydrogen) atoms. The Hall–Kier alpha value is -0.780. The van der Waals surface area contributed by atoms with Crippen LogP contribution in [0.4, 0.5) is 13.2 Å². The van der Waals surface area contributed by atoms with Crippen molar-refractivity contribution >= 4 is 5.91 Å². The zero-order valence-electron chi connectivity index (χ0n) is 9.03. The van der Waals surface area contributed by atoms with Gasteiger partial charge in [0.05, 0.1) is 6.04 Å². The fourth-order valence-electron chi connectivity index (χ4n) is 2.10. The molecule has 1 saturated carbocycles. The Morgan fingerprint density at radius 2 is 2.06 bits per heavy atom. The van der Waals surface area contributed by atoms with E-state index < -0.39 is 23.7 Å². The number of alkyl halides is 3. The molecule has 0 aromatic carbocycles. The first kappa shape index (κ1) is 11.7. The number of amides is 1. The van der Waals surface area contributed by atoms with Gasteiger partial charge in [-0.2, -0.15) is 13.2 Å². The van der Waals surface area contributed by atoms with E-state index in [1.807, 2.05) is 6.92 Å². The van der Waals surface area contributed by atoms with Crippen LogP contribution in [0.3, 0.4) is 0 Å². The SMILES string of the molecule is CC1CCNC1C(=O)NC1(C(F)(F)F)CC1. The molecule has 2 atom stereocenters. The molecule has 2 N–H and O–H groups in total. The molecule has 1 aliphatic heterocycles. The quantitative estimate of drug-likeness (QED) is 0.756. The average molecular weight is 236 g/mol. The number of hydrogen-bond acceptors (Lipinski definition) is 2. The maximum atomic E-state index is 12.6. The summed E-state index contributed by atoms with van der Waals surface area (Å²) in [5.41, 5.74) is -1.94. The molecule has 0 radical (unpaired) electrons. The van der Waals surface area contributed by atoms with Crippen LogP contribution in [0.15, 0.2) is 0 Å². The van der Waals surface area contributed by atoms with Gasteiger partial charge in [0, 0.05) is 0 Å². The zero-order chi connectivity index (χ0) is 12.0. The van der Waals surface area contributed by atoms with Crippen LogP contribution in [0.25, 0.3) is 0 Å². The third-order valence-electron chi connectivity index (χ3n) is 3.47. The molecule has 0 aromatic heterocycles. The summed E-state index contributed by atoms with van der Waals surface area (Å²) in [4.78, 5) is 11.7. The van der Waals surface area contributed by atoms with Crippen LogP contribution >= 0.6 is 0 Å². The van der Waals surface area contributed by atoms with Crippen LogP contribution in [0.1, 0.15) is 26.2 Å². The predicted octanol–water partition coefficient (Wildman–Crippen LogP) is 1.20. The van der Waals surface area contributed by atoms with E-state index in [1.54, 1.807) is 0 Å². The van der Waals surface area contributed by atoms with Gasteiger partial charge in [0.2, 0.25) is 5.91 Å². The van der Waals surface area contributed by atoms with Crippen molar-refractivity contribution in [1.29, 1.82) is 0 Å². The molecule has 2 fully saturated rings. The van der Waals surface area contributed by atoms with Gasteiger partial charge in [-0.15, -0.1) is 0 Å². The molecule has 6 heteroatoms. The van der Waals surface area contributed by atoms with Crippen LogP contribution in [-0.4, -0.2) is 30.2 Å². The third-order valence-corrected chi connectivity index (χ3v) is 3.47. The topological polar surface area (TPSA) is 41.1 Å². The highest BCUT2D eigenvalue weighted by molar-refractivity contribution is 5.83. The summed E-state index contributed by atoms with van der Waals surface area (Å²) in [6.45, 7) is 2.57. The van der Waals surface area contributed by atoms with E-state index in [4.69, 9.17) is 0 Å². The van der Waals surface area contributed by atoms with E-state index in [9.17, 15) is 18.0 Å². The van der Waals surface area contributed by atoms with Crippen molar-refractivity contribution in [2.45, 2.75) is 43.9 Å². The molecular formula is C10H15F3N2O. The second-order valence-electron chi connectivity index (χ2n) is 4.77. The van der Waals surface area contributed by atoms with Crippen molar-refractivity contribution in [3.63, 3.8) is 0 Å². The van der Waals surface area contributed by atoms with Crippen molar-refractivity contribution in [3.8, 4) is 0 Å². The summed E-state index contributed by atoms with van der Waals surface area (Å²) in [5, 5.41) is 5.08. The van der Waals surface area contributed by atoms with Crippen LogP contribution in [0.2, 0.25) is 0 Å². The number of rotatable bonds is 2. The Balaban J connectivity index is 1.98. The van der Waals surface area contributed by atoms with Gasteiger partial charge in [-0.25, -0.2) is 0 Å². The second kappa shape index (κ2) is 3.61. The molecule has 1 heterocycles. The molecule has 92 valence electrons. The van der Waals surface area contributed by atoms with Crippen molar-refractivity contribution in [2.75, 3.05) is 6.54 Å². The molecule has 0 aromatic rings. The lowest BCUT2D eigenvalue weighted by molar-refractivity contribution is -0.171. The van der Waals surface area contributed by atoms with Gasteiger partial charge in [0.25, 0.3) is 0 Å². The molecule has 2 rings (SSSR count). The summed E-state index contributed by atoms with van der Waals surface area (Å²) in [6.07, 6.45) is -3.49. The highest BCUT2D eigenvalue weighted by Gasteiger charge is 2.64. The van der Waals surface area contributed by atoms with E-state index in [2.05, 4.69) is 10.6 Å². The molecule has 3 nitrogen and oxygen atoms in total. The third kappa shape index (κ3) is 1.90. The largest absolute Gasteiger partial charge is 0.411 e. The van der Waals surface area contributed by atoms with E-state index in [1.165, 1.54) is 0 Å². The van der Waals surface area contributed by atoms with Gasteiger partial charge in [-0.3, -0.25) is 4.79 Å². The second-order valence-corrected chi connectivity index (χ2v) is 4.77. The molecule has 1 amide bonds. The fourth-order valence-corrected chi connectivity index (χ4v) is 2.10. The van der Waals surface area contributed by atoms with Gasteiger partial charge in [0.1, 0.15) is 5.54 Å². The first-order chi connectivity index (χ1) is 7.36. The Morgan fingerprint density at radius 3 is 2.44 bits per heavy atom. The Kier molecular flexibility index (Phi) is 2.64. The molecule has 0 bridgehead atoms. The minimum absolute atomic E-state index is 0.00331. The van der Waals surface area contributed by atoms with E-state index in [-0.39, 0.29) is 18.8 Å². The molecular weight excluding hydrogens is 221 g/mol. The van der Waals surface area contributed by atoms with Gasteiger partial charge >= 0.3 is 6.18 Å². The van der Waals surface area contributed by atoms with Gasteiger partial charge in [-0.1, -0.05) is 6.92 Å². The van der Waals surface area contributed by atoms with Crippen molar-refractivity contribution in [3.05, 3.63) is 0 Å². The Bertz CT molecular complexity index is 299. The van der Waals surface area contributed by atoms with Gasteiger partial charge < -0.3 is 10.6 Å². The monoisotopic (exact) mass is 236 g/mol. The van der Waals surface area contributed by atoms with Crippen LogP contribution in [0, 0.1) is 5.92 Å². The minimum Gasteiger partial charge on any atom is -0.341 e. The van der Waals surface area contributed by atoms with Crippen LogP contribution in [0.5, 0.6) is 0 Å². The summed E-state index contributed by atoms with van der Waals surface area (Å²) in [5.74, 6) is -0.413. The Morgan fingerprint density at radius 1 is 1.44 bits per heavy atom. The van der Waals surface area contributed by atoms with Crippen molar-refractivity contribution < 1.29 is 18.0 Å². The summed E-state index contributed by atoms with van der Waals surface area (Å²) < 4.78 is 37.8.